The summed E-state index contributed by atoms with van der Waals surface area (Å²) < 4.78 is 0. The molecule has 1 unspecified atom stereocenters. The van der Waals surface area contributed by atoms with E-state index in [1.165, 1.54) is 0 Å². The maximum Gasteiger partial charge on any atom is 0.115 e. The van der Waals surface area contributed by atoms with Crippen molar-refractivity contribution in [2.24, 2.45) is 0 Å². The smallest absolute Gasteiger partial charge is 0.115 e. The minimum absolute atomic E-state index is 0.193. The number of nitrogens with one attached hydrogen (secondary N) is 1. The van der Waals surface area contributed by atoms with Crippen molar-refractivity contribution in [3.05, 3.63) is 24.3 Å². The minimum Gasteiger partial charge on any atom is -0.396 e. The van der Waals surface area contributed by atoms with Crippen LogP contribution in [0.4, 0.5) is 0 Å². The van der Waals surface area contributed by atoms with Crippen LogP contribution in [0.1, 0.15) is 18.2 Å². The second kappa shape index (κ2) is 5.89. The lowest BCUT2D eigenvalue weighted by atomic mass is 10.1. The van der Waals surface area contributed by atoms with Gasteiger partial charge in [0.15, 0.2) is 0 Å². The van der Waals surface area contributed by atoms with Crippen molar-refractivity contribution in [3.63, 3.8) is 0 Å². The molecule has 2 rings (SSSR count). The molecular formula is C11H18N4O. The van der Waals surface area contributed by atoms with Gasteiger partial charge in [0.05, 0.1) is 11.7 Å². The summed E-state index contributed by atoms with van der Waals surface area (Å²) in [5.41, 5.74) is 1.01. The Kier molecular flexibility index (Phi) is 4.21. The Hall–Kier alpha value is -1.04. The SMILES string of the molecule is OCCC(c1ccncn1)N1CCNCC1. The standard InChI is InChI=1S/C11H18N4O/c16-8-2-11(10-1-3-13-9-14-10)15-6-4-12-5-7-15/h1,3,9,11-12,16H,2,4-8H2. The van der Waals surface area contributed by atoms with E-state index in [-0.39, 0.29) is 12.6 Å². The van der Waals surface area contributed by atoms with E-state index in [1.54, 1.807) is 12.5 Å². The van der Waals surface area contributed by atoms with Crippen LogP contribution in [0.2, 0.25) is 0 Å². The highest BCUT2D eigenvalue weighted by Gasteiger charge is 2.22. The third-order valence-corrected chi connectivity index (χ3v) is 2.94. The fourth-order valence-electron chi connectivity index (χ4n) is 2.13. The van der Waals surface area contributed by atoms with Crippen LogP contribution in [0, 0.1) is 0 Å². The summed E-state index contributed by atoms with van der Waals surface area (Å²) in [5.74, 6) is 0. The molecule has 0 aliphatic carbocycles. The molecule has 5 nitrogen and oxygen atoms in total. The van der Waals surface area contributed by atoms with E-state index in [9.17, 15) is 0 Å². The normalized spacial score (nSPS) is 19.6. The van der Waals surface area contributed by atoms with Crippen molar-refractivity contribution >= 4 is 0 Å². The van der Waals surface area contributed by atoms with Gasteiger partial charge in [-0.3, -0.25) is 4.90 Å². The summed E-state index contributed by atoms with van der Waals surface area (Å²) >= 11 is 0. The van der Waals surface area contributed by atoms with Crippen molar-refractivity contribution in [1.29, 1.82) is 0 Å². The maximum absolute atomic E-state index is 9.14. The number of piperazine rings is 1. The molecule has 2 N–H and O–H groups in total. The van der Waals surface area contributed by atoms with Crippen molar-refractivity contribution in [1.82, 2.24) is 20.2 Å². The third kappa shape index (κ3) is 2.75. The van der Waals surface area contributed by atoms with E-state index in [0.29, 0.717) is 0 Å². The van der Waals surface area contributed by atoms with E-state index >= 15 is 0 Å². The number of hydrogen-bond acceptors (Lipinski definition) is 5. The third-order valence-electron chi connectivity index (χ3n) is 2.94. The maximum atomic E-state index is 9.14. The van der Waals surface area contributed by atoms with Crippen LogP contribution in [0.25, 0.3) is 0 Å². The molecule has 1 aliphatic heterocycles. The second-order valence-corrected chi connectivity index (χ2v) is 3.95. The van der Waals surface area contributed by atoms with Crippen LogP contribution >= 0.6 is 0 Å². The molecule has 1 aromatic heterocycles. The highest BCUT2D eigenvalue weighted by molar-refractivity contribution is 5.05. The van der Waals surface area contributed by atoms with E-state index in [4.69, 9.17) is 5.11 Å². The van der Waals surface area contributed by atoms with Crippen LogP contribution in [0.3, 0.4) is 0 Å². The fourth-order valence-corrected chi connectivity index (χ4v) is 2.13. The number of aliphatic hydroxyl groups is 1. The summed E-state index contributed by atoms with van der Waals surface area (Å²) in [6.07, 6.45) is 4.06. The number of aliphatic hydroxyl groups excluding tert-OH is 1. The van der Waals surface area contributed by atoms with Gasteiger partial charge >= 0.3 is 0 Å². The predicted molar refractivity (Wildman–Crippen MR) is 60.9 cm³/mol. The monoisotopic (exact) mass is 222 g/mol. The molecule has 5 heteroatoms. The van der Waals surface area contributed by atoms with Gasteiger partial charge in [-0.15, -0.1) is 0 Å². The number of nitrogens with zero attached hydrogens (tertiary/aromatic N) is 3. The average Bonchev–Trinajstić information content (AvgIpc) is 2.38. The lowest BCUT2D eigenvalue weighted by molar-refractivity contribution is 0.138. The van der Waals surface area contributed by atoms with Crippen molar-refractivity contribution in [2.45, 2.75) is 12.5 Å². The van der Waals surface area contributed by atoms with Crippen LogP contribution in [-0.2, 0) is 0 Å². The summed E-state index contributed by atoms with van der Waals surface area (Å²) in [6.45, 7) is 4.22. The van der Waals surface area contributed by atoms with Gasteiger partial charge < -0.3 is 10.4 Å². The van der Waals surface area contributed by atoms with Gasteiger partial charge in [-0.2, -0.15) is 0 Å². The number of rotatable bonds is 4. The molecule has 0 amide bonds. The molecule has 0 saturated carbocycles. The fraction of sp³-hybridized carbons (Fsp3) is 0.636. The molecule has 0 radical (unpaired) electrons. The zero-order chi connectivity index (χ0) is 11.2. The molecule has 1 saturated heterocycles. The Labute approximate surface area is 95.5 Å². The van der Waals surface area contributed by atoms with Crippen molar-refractivity contribution < 1.29 is 5.11 Å². The van der Waals surface area contributed by atoms with Gasteiger partial charge in [-0.25, -0.2) is 9.97 Å². The van der Waals surface area contributed by atoms with Gasteiger partial charge in [0.2, 0.25) is 0 Å². The summed E-state index contributed by atoms with van der Waals surface area (Å²) in [5, 5.41) is 12.5. The molecule has 1 atom stereocenters. The van der Waals surface area contributed by atoms with Crippen molar-refractivity contribution in [2.75, 3.05) is 32.8 Å². The first-order chi connectivity index (χ1) is 7.92. The van der Waals surface area contributed by atoms with E-state index in [0.717, 1.165) is 38.3 Å². The average molecular weight is 222 g/mol. The molecular weight excluding hydrogens is 204 g/mol. The van der Waals surface area contributed by atoms with Crippen LogP contribution < -0.4 is 5.32 Å². The number of aromatic nitrogens is 2. The zero-order valence-corrected chi connectivity index (χ0v) is 9.34. The van der Waals surface area contributed by atoms with Gasteiger partial charge in [0, 0.05) is 39.0 Å². The Bertz CT molecular complexity index is 300. The molecule has 16 heavy (non-hydrogen) atoms. The lowest BCUT2D eigenvalue weighted by Crippen LogP contribution is -2.45. The second-order valence-electron chi connectivity index (χ2n) is 3.95. The molecule has 1 fully saturated rings. The molecule has 0 spiro atoms. The molecule has 0 aromatic carbocycles. The van der Waals surface area contributed by atoms with Gasteiger partial charge in [-0.1, -0.05) is 0 Å². The summed E-state index contributed by atoms with van der Waals surface area (Å²) in [4.78, 5) is 10.6. The zero-order valence-electron chi connectivity index (χ0n) is 9.34. The minimum atomic E-state index is 0.193. The number of hydrogen-bond donors (Lipinski definition) is 2. The molecule has 1 aliphatic rings. The topological polar surface area (TPSA) is 61.3 Å². The molecule has 1 aromatic rings. The van der Waals surface area contributed by atoms with Gasteiger partial charge in [0.25, 0.3) is 0 Å². The lowest BCUT2D eigenvalue weighted by Gasteiger charge is -2.34. The Morgan fingerprint density at radius 3 is 2.88 bits per heavy atom. The summed E-state index contributed by atoms with van der Waals surface area (Å²) in [7, 11) is 0. The largest absolute Gasteiger partial charge is 0.396 e. The summed E-state index contributed by atoms with van der Waals surface area (Å²) in [6, 6.07) is 2.15. The van der Waals surface area contributed by atoms with E-state index < -0.39 is 0 Å². The molecule has 0 bridgehead atoms. The first kappa shape index (κ1) is 11.4. The van der Waals surface area contributed by atoms with Crippen LogP contribution in [0.5, 0.6) is 0 Å². The van der Waals surface area contributed by atoms with Gasteiger partial charge in [-0.05, 0) is 12.5 Å². The highest BCUT2D eigenvalue weighted by Crippen LogP contribution is 2.21. The van der Waals surface area contributed by atoms with Gasteiger partial charge in [0.1, 0.15) is 6.33 Å². The first-order valence-electron chi connectivity index (χ1n) is 5.73. The van der Waals surface area contributed by atoms with Crippen LogP contribution in [0.15, 0.2) is 18.6 Å². The Morgan fingerprint density at radius 2 is 2.25 bits per heavy atom. The predicted octanol–water partition coefficient (Wildman–Crippen LogP) is -0.195. The Morgan fingerprint density at radius 1 is 1.44 bits per heavy atom. The van der Waals surface area contributed by atoms with Crippen molar-refractivity contribution in [3.8, 4) is 0 Å². The Balaban J connectivity index is 2.09. The molecule has 2 heterocycles. The van der Waals surface area contributed by atoms with E-state index in [2.05, 4.69) is 20.2 Å². The molecule has 88 valence electrons. The van der Waals surface area contributed by atoms with Crippen LogP contribution in [-0.4, -0.2) is 52.8 Å². The highest BCUT2D eigenvalue weighted by atomic mass is 16.3. The first-order valence-corrected chi connectivity index (χ1v) is 5.73. The van der Waals surface area contributed by atoms with E-state index in [1.807, 2.05) is 6.07 Å². The quantitative estimate of drug-likeness (QED) is 0.739.